The van der Waals surface area contributed by atoms with Crippen LogP contribution in [0.15, 0.2) is 42.5 Å². The number of amides is 1. The number of hydrogen-bond acceptors (Lipinski definition) is 5. The second-order valence-electron chi connectivity index (χ2n) is 5.87. The molecule has 1 heterocycles. The number of hydrogen-bond donors (Lipinski definition) is 2. The molecule has 0 aliphatic carbocycles. The van der Waals surface area contributed by atoms with E-state index >= 15 is 0 Å². The van der Waals surface area contributed by atoms with Gasteiger partial charge in [-0.05, 0) is 49.7 Å². The summed E-state index contributed by atoms with van der Waals surface area (Å²) in [5, 5.41) is 2.80. The molecule has 2 aromatic rings. The first kappa shape index (κ1) is 16.1. The van der Waals surface area contributed by atoms with E-state index in [0.29, 0.717) is 35.1 Å². The standard InChI is InChI=1S/C18H20N2O4/c1-3-18(2,19)17(21)20-12-4-6-13(7-5-12)24-14-8-9-15-16(10-14)23-11-22-15/h4-10H,3,11,19H2,1-2H3,(H,20,21)/t18-/m0/s1. The zero-order valence-electron chi connectivity index (χ0n) is 13.7. The summed E-state index contributed by atoms with van der Waals surface area (Å²) in [4.78, 5) is 12.1. The molecule has 1 aliphatic rings. The molecule has 6 heteroatoms. The second-order valence-corrected chi connectivity index (χ2v) is 5.87. The first-order valence-electron chi connectivity index (χ1n) is 7.76. The Morgan fingerprint density at radius 1 is 1.17 bits per heavy atom. The minimum atomic E-state index is -0.887. The molecule has 0 unspecified atom stereocenters. The van der Waals surface area contributed by atoms with E-state index in [1.54, 1.807) is 43.3 Å². The summed E-state index contributed by atoms with van der Waals surface area (Å²) in [7, 11) is 0. The lowest BCUT2D eigenvalue weighted by atomic mass is 9.99. The van der Waals surface area contributed by atoms with Crippen molar-refractivity contribution in [2.24, 2.45) is 5.73 Å². The van der Waals surface area contributed by atoms with Gasteiger partial charge in [-0.1, -0.05) is 6.92 Å². The molecular weight excluding hydrogens is 308 g/mol. The highest BCUT2D eigenvalue weighted by Gasteiger charge is 2.25. The summed E-state index contributed by atoms with van der Waals surface area (Å²) in [6.45, 7) is 3.81. The van der Waals surface area contributed by atoms with Crippen LogP contribution in [0.3, 0.4) is 0 Å². The lowest BCUT2D eigenvalue weighted by molar-refractivity contribution is -0.120. The first-order valence-corrected chi connectivity index (χ1v) is 7.76. The quantitative estimate of drug-likeness (QED) is 0.880. The van der Waals surface area contributed by atoms with Gasteiger partial charge in [0.25, 0.3) is 0 Å². The van der Waals surface area contributed by atoms with Crippen LogP contribution < -0.4 is 25.3 Å². The van der Waals surface area contributed by atoms with Gasteiger partial charge in [-0.15, -0.1) is 0 Å². The van der Waals surface area contributed by atoms with E-state index in [1.807, 2.05) is 13.0 Å². The van der Waals surface area contributed by atoms with Crippen LogP contribution in [-0.2, 0) is 4.79 Å². The Bertz CT molecular complexity index is 741. The first-order chi connectivity index (χ1) is 11.5. The third-order valence-electron chi connectivity index (χ3n) is 3.95. The number of ether oxygens (including phenoxy) is 3. The summed E-state index contributed by atoms with van der Waals surface area (Å²) in [5.41, 5.74) is 5.71. The third kappa shape index (κ3) is 3.44. The normalized spacial score (nSPS) is 14.8. The van der Waals surface area contributed by atoms with Crippen molar-refractivity contribution in [2.75, 3.05) is 12.1 Å². The Kier molecular flexibility index (Phi) is 4.31. The van der Waals surface area contributed by atoms with Crippen molar-refractivity contribution in [3.05, 3.63) is 42.5 Å². The Morgan fingerprint density at radius 2 is 1.83 bits per heavy atom. The fraction of sp³-hybridized carbons (Fsp3) is 0.278. The van der Waals surface area contributed by atoms with Crippen LogP contribution in [-0.4, -0.2) is 18.2 Å². The molecule has 1 atom stereocenters. The SMILES string of the molecule is CC[C@](C)(N)C(=O)Nc1ccc(Oc2ccc3c(c2)OCO3)cc1. The molecule has 2 aromatic carbocycles. The predicted molar refractivity (Wildman–Crippen MR) is 90.6 cm³/mol. The Balaban J connectivity index is 1.65. The molecule has 24 heavy (non-hydrogen) atoms. The highest BCUT2D eigenvalue weighted by atomic mass is 16.7. The van der Waals surface area contributed by atoms with Crippen molar-refractivity contribution in [1.82, 2.24) is 0 Å². The molecule has 0 radical (unpaired) electrons. The number of nitrogens with one attached hydrogen (secondary N) is 1. The van der Waals surface area contributed by atoms with Crippen LogP contribution in [0.2, 0.25) is 0 Å². The van der Waals surface area contributed by atoms with E-state index in [0.717, 1.165) is 0 Å². The summed E-state index contributed by atoms with van der Waals surface area (Å²) < 4.78 is 16.4. The number of carbonyl (C=O) groups excluding carboxylic acids is 1. The molecule has 0 fully saturated rings. The van der Waals surface area contributed by atoms with Gasteiger partial charge in [-0.3, -0.25) is 4.79 Å². The van der Waals surface area contributed by atoms with Gasteiger partial charge < -0.3 is 25.3 Å². The molecule has 126 valence electrons. The van der Waals surface area contributed by atoms with Gasteiger partial charge in [0.15, 0.2) is 11.5 Å². The average Bonchev–Trinajstić information content (AvgIpc) is 3.04. The monoisotopic (exact) mass is 328 g/mol. The molecule has 0 saturated carbocycles. The van der Waals surface area contributed by atoms with Crippen LogP contribution >= 0.6 is 0 Å². The fourth-order valence-electron chi connectivity index (χ4n) is 2.12. The van der Waals surface area contributed by atoms with Gasteiger partial charge >= 0.3 is 0 Å². The van der Waals surface area contributed by atoms with Gasteiger partial charge in [-0.2, -0.15) is 0 Å². The number of rotatable bonds is 5. The highest BCUT2D eigenvalue weighted by molar-refractivity contribution is 5.97. The van der Waals surface area contributed by atoms with E-state index in [9.17, 15) is 4.79 Å². The van der Waals surface area contributed by atoms with E-state index in [1.165, 1.54) is 0 Å². The number of fused-ring (bicyclic) bond motifs is 1. The lowest BCUT2D eigenvalue weighted by Crippen LogP contribution is -2.47. The number of carbonyl (C=O) groups is 1. The van der Waals surface area contributed by atoms with Gasteiger partial charge in [0.05, 0.1) is 5.54 Å². The van der Waals surface area contributed by atoms with Crippen LogP contribution in [0.5, 0.6) is 23.0 Å². The van der Waals surface area contributed by atoms with Crippen molar-refractivity contribution in [3.8, 4) is 23.0 Å². The summed E-state index contributed by atoms with van der Waals surface area (Å²) in [5.74, 6) is 2.46. The Hall–Kier alpha value is -2.73. The molecule has 1 aliphatic heterocycles. The van der Waals surface area contributed by atoms with Crippen molar-refractivity contribution in [3.63, 3.8) is 0 Å². The van der Waals surface area contributed by atoms with Crippen molar-refractivity contribution in [1.29, 1.82) is 0 Å². The molecule has 1 amide bonds. The maximum Gasteiger partial charge on any atom is 0.244 e. The van der Waals surface area contributed by atoms with Crippen molar-refractivity contribution >= 4 is 11.6 Å². The molecule has 6 nitrogen and oxygen atoms in total. The molecule has 0 spiro atoms. The predicted octanol–water partition coefficient (Wildman–Crippen LogP) is 3.27. The largest absolute Gasteiger partial charge is 0.457 e. The molecule has 0 saturated heterocycles. The van der Waals surface area contributed by atoms with E-state index in [4.69, 9.17) is 19.9 Å². The van der Waals surface area contributed by atoms with Gasteiger partial charge in [0, 0.05) is 11.8 Å². The van der Waals surface area contributed by atoms with E-state index < -0.39 is 5.54 Å². The van der Waals surface area contributed by atoms with Crippen LogP contribution in [0.4, 0.5) is 5.69 Å². The summed E-state index contributed by atoms with van der Waals surface area (Å²) in [6.07, 6.45) is 0.560. The molecule has 0 bridgehead atoms. The lowest BCUT2D eigenvalue weighted by Gasteiger charge is -2.21. The molecule has 3 rings (SSSR count). The van der Waals surface area contributed by atoms with E-state index in [-0.39, 0.29) is 12.7 Å². The molecule has 0 aromatic heterocycles. The molecule has 3 N–H and O–H groups in total. The topological polar surface area (TPSA) is 82.8 Å². The fourth-order valence-corrected chi connectivity index (χ4v) is 2.12. The third-order valence-corrected chi connectivity index (χ3v) is 3.95. The number of anilines is 1. The van der Waals surface area contributed by atoms with Gasteiger partial charge in [0.1, 0.15) is 11.5 Å². The van der Waals surface area contributed by atoms with Gasteiger partial charge in [0.2, 0.25) is 12.7 Å². The Labute approximate surface area is 140 Å². The van der Waals surface area contributed by atoms with Crippen molar-refractivity contribution in [2.45, 2.75) is 25.8 Å². The molecular formula is C18H20N2O4. The number of benzene rings is 2. The minimum absolute atomic E-state index is 0.213. The van der Waals surface area contributed by atoms with Crippen LogP contribution in [0.1, 0.15) is 20.3 Å². The van der Waals surface area contributed by atoms with Gasteiger partial charge in [-0.25, -0.2) is 0 Å². The maximum absolute atomic E-state index is 12.1. The zero-order valence-corrected chi connectivity index (χ0v) is 13.7. The Morgan fingerprint density at radius 3 is 2.54 bits per heavy atom. The summed E-state index contributed by atoms with van der Waals surface area (Å²) >= 11 is 0. The maximum atomic E-state index is 12.1. The number of nitrogens with two attached hydrogens (primary N) is 1. The average molecular weight is 328 g/mol. The van der Waals surface area contributed by atoms with Crippen molar-refractivity contribution < 1.29 is 19.0 Å². The summed E-state index contributed by atoms with van der Waals surface area (Å²) in [6, 6.07) is 12.5. The van der Waals surface area contributed by atoms with Crippen LogP contribution in [0.25, 0.3) is 0 Å². The van der Waals surface area contributed by atoms with Crippen LogP contribution in [0, 0.1) is 0 Å². The second kappa shape index (κ2) is 6.41. The highest BCUT2D eigenvalue weighted by Crippen LogP contribution is 2.36. The minimum Gasteiger partial charge on any atom is -0.457 e. The van der Waals surface area contributed by atoms with E-state index in [2.05, 4.69) is 5.32 Å². The zero-order chi connectivity index (χ0) is 17.2. The smallest absolute Gasteiger partial charge is 0.244 e.